The molecule has 0 aliphatic carbocycles. The third kappa shape index (κ3) is 2.81. The van der Waals surface area contributed by atoms with Gasteiger partial charge >= 0.3 is 0 Å². The zero-order valence-electron chi connectivity index (χ0n) is 8.98. The maximum absolute atomic E-state index is 11.3. The van der Waals surface area contributed by atoms with Crippen molar-refractivity contribution in [1.82, 2.24) is 14.9 Å². The molecule has 16 heavy (non-hydrogen) atoms. The first-order valence-electron chi connectivity index (χ1n) is 5.13. The first-order valence-corrected chi connectivity index (χ1v) is 6.21. The zero-order valence-corrected chi connectivity index (χ0v) is 11.1. The summed E-state index contributed by atoms with van der Waals surface area (Å²) < 4.78 is 1.01. The van der Waals surface area contributed by atoms with Gasteiger partial charge < -0.3 is 10.2 Å². The predicted molar refractivity (Wildman–Crippen MR) is 69.0 cm³/mol. The van der Waals surface area contributed by atoms with Crippen molar-refractivity contribution in [2.75, 3.05) is 18.9 Å². The minimum atomic E-state index is 0.210. The Morgan fingerprint density at radius 2 is 2.19 bits per heavy atom. The van der Waals surface area contributed by atoms with E-state index in [4.69, 9.17) is 0 Å². The van der Waals surface area contributed by atoms with Crippen LogP contribution in [-0.4, -0.2) is 40.4 Å². The van der Waals surface area contributed by atoms with Crippen molar-refractivity contribution in [1.29, 1.82) is 0 Å². The van der Waals surface area contributed by atoms with Gasteiger partial charge in [-0.05, 0) is 29.0 Å². The molecule has 0 radical (unpaired) electrons. The maximum atomic E-state index is 11.3. The Kier molecular flexibility index (Phi) is 3.57. The van der Waals surface area contributed by atoms with Crippen LogP contribution < -0.4 is 5.32 Å². The molecule has 86 valence electrons. The van der Waals surface area contributed by atoms with Crippen molar-refractivity contribution < 1.29 is 4.79 Å². The van der Waals surface area contributed by atoms with Gasteiger partial charge in [-0.15, -0.1) is 0 Å². The minimum absolute atomic E-state index is 0.210. The standard InChI is InChI=1S/C10H13IN4O/c1-15-6-8(2-3-9(15)16)14-10-12-4-7(11)5-13-10/h4-5,8H,2-3,6H2,1H3,(H,12,13,14). The lowest BCUT2D eigenvalue weighted by atomic mass is 10.1. The van der Waals surface area contributed by atoms with Gasteiger partial charge in [-0.3, -0.25) is 4.79 Å². The summed E-state index contributed by atoms with van der Waals surface area (Å²) in [6.07, 6.45) is 4.98. The second-order valence-corrected chi connectivity index (χ2v) is 5.12. The number of amides is 1. The smallest absolute Gasteiger partial charge is 0.222 e. The van der Waals surface area contributed by atoms with E-state index < -0.39 is 0 Å². The van der Waals surface area contributed by atoms with Crippen molar-refractivity contribution >= 4 is 34.4 Å². The molecule has 5 nitrogen and oxygen atoms in total. The van der Waals surface area contributed by atoms with Crippen molar-refractivity contribution in [2.45, 2.75) is 18.9 Å². The molecule has 0 bridgehead atoms. The summed E-state index contributed by atoms with van der Waals surface area (Å²) in [5.41, 5.74) is 0. The number of nitrogens with zero attached hydrogens (tertiary/aromatic N) is 3. The van der Waals surface area contributed by atoms with Crippen molar-refractivity contribution in [3.63, 3.8) is 0 Å². The highest BCUT2D eigenvalue weighted by Gasteiger charge is 2.22. The summed E-state index contributed by atoms with van der Waals surface area (Å²) in [6.45, 7) is 0.716. The monoisotopic (exact) mass is 332 g/mol. The molecule has 1 aromatic heterocycles. The van der Waals surface area contributed by atoms with E-state index in [1.54, 1.807) is 17.3 Å². The topological polar surface area (TPSA) is 58.1 Å². The number of anilines is 1. The molecular formula is C10H13IN4O. The van der Waals surface area contributed by atoms with Crippen molar-refractivity contribution in [2.24, 2.45) is 0 Å². The highest BCUT2D eigenvalue weighted by atomic mass is 127. The lowest BCUT2D eigenvalue weighted by Crippen LogP contribution is -2.43. The average Bonchev–Trinajstić information content (AvgIpc) is 2.27. The highest BCUT2D eigenvalue weighted by Crippen LogP contribution is 2.13. The molecule has 2 heterocycles. The van der Waals surface area contributed by atoms with E-state index in [-0.39, 0.29) is 11.9 Å². The molecular weight excluding hydrogens is 319 g/mol. The van der Waals surface area contributed by atoms with E-state index in [1.807, 2.05) is 7.05 Å². The molecule has 1 fully saturated rings. The number of rotatable bonds is 2. The lowest BCUT2D eigenvalue weighted by molar-refractivity contribution is -0.132. The Hall–Kier alpha value is -0.920. The number of nitrogens with one attached hydrogen (secondary N) is 1. The molecule has 0 spiro atoms. The van der Waals surface area contributed by atoms with Crippen LogP contribution in [0.2, 0.25) is 0 Å². The molecule has 1 amide bonds. The molecule has 1 aliphatic heterocycles. The van der Waals surface area contributed by atoms with Gasteiger partial charge in [-0.2, -0.15) is 0 Å². The number of hydrogen-bond donors (Lipinski definition) is 1. The van der Waals surface area contributed by atoms with Gasteiger partial charge in [0.1, 0.15) is 0 Å². The summed E-state index contributed by atoms with van der Waals surface area (Å²) in [5, 5.41) is 3.24. The maximum Gasteiger partial charge on any atom is 0.222 e. The van der Waals surface area contributed by atoms with Crippen LogP contribution in [0, 0.1) is 3.57 Å². The van der Waals surface area contributed by atoms with Gasteiger partial charge in [0, 0.05) is 42.0 Å². The van der Waals surface area contributed by atoms with Gasteiger partial charge in [-0.1, -0.05) is 0 Å². The Balaban J connectivity index is 1.95. The van der Waals surface area contributed by atoms with Crippen LogP contribution >= 0.6 is 22.6 Å². The second-order valence-electron chi connectivity index (χ2n) is 3.88. The summed E-state index contributed by atoms with van der Waals surface area (Å²) >= 11 is 2.17. The first-order chi connectivity index (χ1) is 7.65. The zero-order chi connectivity index (χ0) is 11.5. The van der Waals surface area contributed by atoms with Crippen LogP contribution in [0.15, 0.2) is 12.4 Å². The number of piperidine rings is 1. The number of aromatic nitrogens is 2. The van der Waals surface area contributed by atoms with Gasteiger partial charge in [0.05, 0.1) is 0 Å². The SMILES string of the molecule is CN1CC(Nc2ncc(I)cn2)CCC1=O. The second kappa shape index (κ2) is 4.94. The van der Waals surface area contributed by atoms with E-state index in [0.717, 1.165) is 9.99 Å². The summed E-state index contributed by atoms with van der Waals surface area (Å²) in [6, 6.07) is 0.253. The molecule has 1 aromatic rings. The highest BCUT2D eigenvalue weighted by molar-refractivity contribution is 14.1. The van der Waals surface area contributed by atoms with Crippen LogP contribution in [0.3, 0.4) is 0 Å². The van der Waals surface area contributed by atoms with Crippen LogP contribution in [0.4, 0.5) is 5.95 Å². The van der Waals surface area contributed by atoms with Crippen LogP contribution in [0.1, 0.15) is 12.8 Å². The Morgan fingerprint density at radius 1 is 1.50 bits per heavy atom. The van der Waals surface area contributed by atoms with Crippen molar-refractivity contribution in [3.05, 3.63) is 16.0 Å². The van der Waals surface area contributed by atoms with Gasteiger partial charge in [0.2, 0.25) is 11.9 Å². The minimum Gasteiger partial charge on any atom is -0.350 e. The third-order valence-corrected chi connectivity index (χ3v) is 3.14. The van der Waals surface area contributed by atoms with E-state index in [2.05, 4.69) is 37.9 Å². The van der Waals surface area contributed by atoms with Gasteiger partial charge in [0.25, 0.3) is 0 Å². The Morgan fingerprint density at radius 3 is 2.81 bits per heavy atom. The van der Waals surface area contributed by atoms with Crippen molar-refractivity contribution in [3.8, 4) is 0 Å². The van der Waals surface area contributed by atoms with E-state index in [1.165, 1.54) is 0 Å². The molecule has 1 unspecified atom stereocenters. The summed E-state index contributed by atoms with van der Waals surface area (Å²) in [5.74, 6) is 0.842. The first kappa shape index (κ1) is 11.6. The summed E-state index contributed by atoms with van der Waals surface area (Å²) in [4.78, 5) is 21.4. The number of likely N-dealkylation sites (tertiary alicyclic amines) is 1. The molecule has 1 N–H and O–H groups in total. The number of hydrogen-bond acceptors (Lipinski definition) is 4. The number of likely N-dealkylation sites (N-methyl/N-ethyl adjacent to an activating group) is 1. The number of carbonyl (C=O) groups excluding carboxylic acids is 1. The van der Waals surface area contributed by atoms with E-state index >= 15 is 0 Å². The molecule has 1 saturated heterocycles. The van der Waals surface area contributed by atoms with Crippen LogP contribution in [0.5, 0.6) is 0 Å². The Labute approximate surface area is 108 Å². The number of carbonyl (C=O) groups is 1. The van der Waals surface area contributed by atoms with E-state index in [9.17, 15) is 4.79 Å². The normalized spacial score (nSPS) is 21.0. The average molecular weight is 332 g/mol. The van der Waals surface area contributed by atoms with Gasteiger partial charge in [-0.25, -0.2) is 9.97 Å². The van der Waals surface area contributed by atoms with Gasteiger partial charge in [0.15, 0.2) is 0 Å². The molecule has 2 rings (SSSR count). The fraction of sp³-hybridized carbons (Fsp3) is 0.500. The molecule has 1 aliphatic rings. The summed E-state index contributed by atoms with van der Waals surface area (Å²) in [7, 11) is 1.82. The van der Waals surface area contributed by atoms with E-state index in [0.29, 0.717) is 18.9 Å². The lowest BCUT2D eigenvalue weighted by Gasteiger charge is -2.30. The molecule has 0 saturated carbocycles. The van der Waals surface area contributed by atoms with Crippen LogP contribution in [0.25, 0.3) is 0 Å². The Bertz CT molecular complexity index is 381. The quantitative estimate of drug-likeness (QED) is 0.825. The van der Waals surface area contributed by atoms with Crippen LogP contribution in [-0.2, 0) is 4.79 Å². The molecule has 6 heteroatoms. The number of halogens is 1. The molecule has 1 atom stereocenters. The fourth-order valence-corrected chi connectivity index (χ4v) is 1.98. The third-order valence-electron chi connectivity index (χ3n) is 2.58. The largest absolute Gasteiger partial charge is 0.350 e. The molecule has 0 aromatic carbocycles. The predicted octanol–water partition coefficient (Wildman–Crippen LogP) is 1.11. The fourth-order valence-electron chi connectivity index (χ4n) is 1.70.